The zero-order valence-electron chi connectivity index (χ0n) is 8.29. The summed E-state index contributed by atoms with van der Waals surface area (Å²) >= 11 is 0. The van der Waals surface area contributed by atoms with E-state index in [0.29, 0.717) is 6.04 Å². The Morgan fingerprint density at radius 3 is 2.86 bits per heavy atom. The van der Waals surface area contributed by atoms with Crippen LogP contribution in [0.15, 0.2) is 18.2 Å². The first kappa shape index (κ1) is 9.49. The van der Waals surface area contributed by atoms with Crippen molar-refractivity contribution in [3.05, 3.63) is 29.3 Å². The Kier molecular flexibility index (Phi) is 2.70. The van der Waals surface area contributed by atoms with Crippen LogP contribution in [-0.2, 0) is 6.61 Å². The van der Waals surface area contributed by atoms with E-state index in [0.717, 1.165) is 17.9 Å². The third kappa shape index (κ3) is 1.61. The highest BCUT2D eigenvalue weighted by Crippen LogP contribution is 2.27. The van der Waals surface area contributed by atoms with Crippen molar-refractivity contribution in [2.75, 3.05) is 13.7 Å². The second-order valence-corrected chi connectivity index (χ2v) is 3.52. The molecule has 0 spiro atoms. The zero-order chi connectivity index (χ0) is 9.97. The minimum Gasteiger partial charge on any atom is -0.496 e. The SMILES string of the molecule is COc1ccc([C@@H]2CCN2)cc1CO. The lowest BCUT2D eigenvalue weighted by Gasteiger charge is -2.28. The Morgan fingerprint density at radius 1 is 1.57 bits per heavy atom. The van der Waals surface area contributed by atoms with Crippen LogP contribution in [0, 0.1) is 0 Å². The lowest BCUT2D eigenvalue weighted by molar-refractivity contribution is 0.273. The van der Waals surface area contributed by atoms with Gasteiger partial charge in [0.15, 0.2) is 0 Å². The molecule has 3 nitrogen and oxygen atoms in total. The predicted molar refractivity (Wildman–Crippen MR) is 54.3 cm³/mol. The Hall–Kier alpha value is -1.06. The van der Waals surface area contributed by atoms with Crippen LogP contribution in [0.3, 0.4) is 0 Å². The topological polar surface area (TPSA) is 41.5 Å². The van der Waals surface area contributed by atoms with Crippen molar-refractivity contribution in [2.24, 2.45) is 0 Å². The molecule has 1 atom stereocenters. The zero-order valence-corrected chi connectivity index (χ0v) is 8.29. The van der Waals surface area contributed by atoms with Gasteiger partial charge >= 0.3 is 0 Å². The van der Waals surface area contributed by atoms with Gasteiger partial charge in [0.25, 0.3) is 0 Å². The van der Waals surface area contributed by atoms with Crippen LogP contribution in [0.4, 0.5) is 0 Å². The highest BCUT2D eigenvalue weighted by Gasteiger charge is 2.19. The van der Waals surface area contributed by atoms with Gasteiger partial charge in [-0.1, -0.05) is 6.07 Å². The highest BCUT2D eigenvalue weighted by atomic mass is 16.5. The van der Waals surface area contributed by atoms with Crippen LogP contribution < -0.4 is 10.1 Å². The molecule has 14 heavy (non-hydrogen) atoms. The molecule has 0 saturated carbocycles. The van der Waals surface area contributed by atoms with Crippen molar-refractivity contribution in [1.82, 2.24) is 5.32 Å². The molecule has 1 aromatic carbocycles. The maximum absolute atomic E-state index is 9.15. The van der Waals surface area contributed by atoms with Crippen molar-refractivity contribution < 1.29 is 9.84 Å². The monoisotopic (exact) mass is 193 g/mol. The van der Waals surface area contributed by atoms with Gasteiger partial charge in [-0.3, -0.25) is 0 Å². The van der Waals surface area contributed by atoms with Gasteiger partial charge in [0.1, 0.15) is 5.75 Å². The first-order valence-corrected chi connectivity index (χ1v) is 4.86. The molecule has 76 valence electrons. The van der Waals surface area contributed by atoms with E-state index < -0.39 is 0 Å². The van der Waals surface area contributed by atoms with E-state index in [-0.39, 0.29) is 6.61 Å². The molecule has 1 saturated heterocycles. The fourth-order valence-electron chi connectivity index (χ4n) is 1.71. The van der Waals surface area contributed by atoms with E-state index in [9.17, 15) is 0 Å². The highest BCUT2D eigenvalue weighted by molar-refractivity contribution is 5.38. The average Bonchev–Trinajstić information content (AvgIpc) is 2.15. The molecule has 0 aromatic heterocycles. The van der Waals surface area contributed by atoms with Gasteiger partial charge in [0, 0.05) is 11.6 Å². The second kappa shape index (κ2) is 3.98. The van der Waals surface area contributed by atoms with Crippen molar-refractivity contribution in [2.45, 2.75) is 19.1 Å². The van der Waals surface area contributed by atoms with Crippen molar-refractivity contribution >= 4 is 0 Å². The van der Waals surface area contributed by atoms with E-state index in [1.165, 1.54) is 12.0 Å². The van der Waals surface area contributed by atoms with Gasteiger partial charge in [-0.25, -0.2) is 0 Å². The number of nitrogens with one attached hydrogen (secondary N) is 1. The molecule has 2 rings (SSSR count). The van der Waals surface area contributed by atoms with E-state index >= 15 is 0 Å². The number of aliphatic hydroxyl groups is 1. The van der Waals surface area contributed by atoms with Crippen LogP contribution in [0.2, 0.25) is 0 Å². The quantitative estimate of drug-likeness (QED) is 0.758. The lowest BCUT2D eigenvalue weighted by atomic mass is 9.96. The van der Waals surface area contributed by atoms with E-state index in [2.05, 4.69) is 11.4 Å². The molecule has 3 heteroatoms. The van der Waals surface area contributed by atoms with Gasteiger partial charge in [0.2, 0.25) is 0 Å². The fourth-order valence-corrected chi connectivity index (χ4v) is 1.71. The third-order valence-corrected chi connectivity index (χ3v) is 2.70. The van der Waals surface area contributed by atoms with Gasteiger partial charge < -0.3 is 15.2 Å². The summed E-state index contributed by atoms with van der Waals surface area (Å²) in [6.07, 6.45) is 1.18. The number of aliphatic hydroxyl groups excluding tert-OH is 1. The Labute approximate surface area is 83.7 Å². The molecule has 0 bridgehead atoms. The van der Waals surface area contributed by atoms with Gasteiger partial charge in [-0.05, 0) is 30.7 Å². The summed E-state index contributed by atoms with van der Waals surface area (Å²) in [4.78, 5) is 0. The van der Waals surface area contributed by atoms with Crippen LogP contribution in [0.5, 0.6) is 5.75 Å². The first-order chi connectivity index (χ1) is 6.85. The third-order valence-electron chi connectivity index (χ3n) is 2.70. The molecule has 1 heterocycles. The molecule has 0 amide bonds. The van der Waals surface area contributed by atoms with Crippen molar-refractivity contribution in [3.63, 3.8) is 0 Å². The smallest absolute Gasteiger partial charge is 0.124 e. The normalized spacial score (nSPS) is 20.3. The molecule has 1 aliphatic rings. The summed E-state index contributed by atoms with van der Waals surface area (Å²) in [5.41, 5.74) is 2.10. The molecule has 1 aliphatic heterocycles. The second-order valence-electron chi connectivity index (χ2n) is 3.52. The van der Waals surface area contributed by atoms with Crippen LogP contribution >= 0.6 is 0 Å². The molecule has 0 unspecified atom stereocenters. The van der Waals surface area contributed by atoms with Gasteiger partial charge in [-0.15, -0.1) is 0 Å². The molecular weight excluding hydrogens is 178 g/mol. The summed E-state index contributed by atoms with van der Waals surface area (Å²) in [5, 5.41) is 12.5. The number of rotatable bonds is 3. The summed E-state index contributed by atoms with van der Waals surface area (Å²) in [5.74, 6) is 0.760. The van der Waals surface area contributed by atoms with E-state index in [4.69, 9.17) is 9.84 Å². The molecule has 1 fully saturated rings. The van der Waals surface area contributed by atoms with Gasteiger partial charge in [-0.2, -0.15) is 0 Å². The van der Waals surface area contributed by atoms with Crippen molar-refractivity contribution in [3.8, 4) is 5.75 Å². The van der Waals surface area contributed by atoms with Crippen LogP contribution in [0.1, 0.15) is 23.6 Å². The number of methoxy groups -OCH3 is 1. The number of benzene rings is 1. The predicted octanol–water partition coefficient (Wildman–Crippen LogP) is 1.22. The maximum atomic E-state index is 9.15. The Bertz CT molecular complexity index is 321. The first-order valence-electron chi connectivity index (χ1n) is 4.86. The van der Waals surface area contributed by atoms with E-state index in [1.807, 2.05) is 12.1 Å². The minimum atomic E-state index is 0.0315. The lowest BCUT2D eigenvalue weighted by Crippen LogP contribution is -2.34. The summed E-state index contributed by atoms with van der Waals surface area (Å²) in [7, 11) is 1.62. The average molecular weight is 193 g/mol. The summed E-state index contributed by atoms with van der Waals surface area (Å²) in [6.45, 7) is 1.12. The number of hydrogen-bond acceptors (Lipinski definition) is 3. The molecule has 1 aromatic rings. The van der Waals surface area contributed by atoms with Crippen LogP contribution in [0.25, 0.3) is 0 Å². The van der Waals surface area contributed by atoms with Gasteiger partial charge in [0.05, 0.1) is 13.7 Å². The largest absolute Gasteiger partial charge is 0.496 e. The maximum Gasteiger partial charge on any atom is 0.124 e. The fraction of sp³-hybridized carbons (Fsp3) is 0.455. The summed E-state index contributed by atoms with van der Waals surface area (Å²) in [6, 6.07) is 6.44. The minimum absolute atomic E-state index is 0.0315. The Morgan fingerprint density at radius 2 is 2.36 bits per heavy atom. The van der Waals surface area contributed by atoms with E-state index in [1.54, 1.807) is 7.11 Å². The number of ether oxygens (including phenoxy) is 1. The molecular formula is C11H15NO2. The van der Waals surface area contributed by atoms with Crippen LogP contribution in [-0.4, -0.2) is 18.8 Å². The molecule has 2 N–H and O–H groups in total. The Balaban J connectivity index is 2.26. The number of hydrogen-bond donors (Lipinski definition) is 2. The standard InChI is InChI=1S/C11H15NO2/c1-14-11-3-2-8(6-9(11)7-13)10-4-5-12-10/h2-3,6,10,12-13H,4-5,7H2,1H3/t10-/m0/s1. The molecule has 0 radical (unpaired) electrons. The van der Waals surface area contributed by atoms with Crippen molar-refractivity contribution in [1.29, 1.82) is 0 Å². The molecule has 0 aliphatic carbocycles. The summed E-state index contributed by atoms with van der Waals surface area (Å²) < 4.78 is 5.14.